The first kappa shape index (κ1) is 18.6. The van der Waals surface area contributed by atoms with Crippen molar-refractivity contribution < 1.29 is 0 Å². The predicted octanol–water partition coefficient (Wildman–Crippen LogP) is 7.00. The van der Waals surface area contributed by atoms with Crippen LogP contribution in [0.1, 0.15) is 41.9 Å². The third-order valence-electron chi connectivity index (χ3n) is 4.49. The molecule has 128 valence electrons. The minimum atomic E-state index is 0.612. The van der Waals surface area contributed by atoms with Crippen LogP contribution < -0.4 is 4.72 Å². The zero-order valence-corrected chi connectivity index (χ0v) is 17.2. The molecule has 5 heteroatoms. The molecule has 0 radical (unpaired) electrons. The summed E-state index contributed by atoms with van der Waals surface area (Å²) in [5.74, 6) is 1.56. The molecule has 1 aliphatic carbocycles. The fraction of sp³-hybridized carbons (Fsp3) is 0.368. The number of hydrogen-bond acceptors (Lipinski definition) is 2. The van der Waals surface area contributed by atoms with Crippen molar-refractivity contribution in [3.8, 4) is 0 Å². The monoisotopic (exact) mass is 443 g/mol. The Kier molecular flexibility index (Phi) is 6.94. The van der Waals surface area contributed by atoms with Crippen LogP contribution in [0.25, 0.3) is 0 Å². The predicted molar refractivity (Wildman–Crippen MR) is 110 cm³/mol. The van der Waals surface area contributed by atoms with Crippen molar-refractivity contribution in [1.29, 1.82) is 0 Å². The summed E-state index contributed by atoms with van der Waals surface area (Å²) in [5.41, 5.74) is 4.23. The fourth-order valence-electron chi connectivity index (χ4n) is 3.27. The van der Waals surface area contributed by atoms with Crippen LogP contribution in [0.3, 0.4) is 0 Å². The van der Waals surface area contributed by atoms with Crippen LogP contribution in [0.15, 0.2) is 40.9 Å². The molecule has 0 amide bonds. The van der Waals surface area contributed by atoms with E-state index in [0.717, 1.165) is 12.3 Å². The second-order valence-electron chi connectivity index (χ2n) is 6.12. The highest BCUT2D eigenvalue weighted by Crippen LogP contribution is 2.37. The van der Waals surface area contributed by atoms with Crippen LogP contribution in [0.5, 0.6) is 0 Å². The van der Waals surface area contributed by atoms with E-state index in [1.165, 1.54) is 46.8 Å². The molecule has 1 aliphatic rings. The van der Waals surface area contributed by atoms with Gasteiger partial charge in [0, 0.05) is 16.8 Å². The van der Waals surface area contributed by atoms with E-state index in [0.29, 0.717) is 16.0 Å². The molecule has 1 nitrogen and oxygen atoms in total. The summed E-state index contributed by atoms with van der Waals surface area (Å²) in [7, 11) is 0. The summed E-state index contributed by atoms with van der Waals surface area (Å²) in [6.07, 6.45) is 4.96. The third-order valence-corrected chi connectivity index (χ3v) is 6.86. The molecule has 2 aromatic rings. The van der Waals surface area contributed by atoms with E-state index < -0.39 is 0 Å². The van der Waals surface area contributed by atoms with Crippen molar-refractivity contribution in [2.75, 3.05) is 6.54 Å². The van der Waals surface area contributed by atoms with Gasteiger partial charge in [0.15, 0.2) is 0 Å². The molecule has 0 saturated heterocycles. The number of nitrogens with one attached hydrogen (secondary N) is 1. The van der Waals surface area contributed by atoms with Crippen LogP contribution in [-0.2, 0) is 12.2 Å². The van der Waals surface area contributed by atoms with Gasteiger partial charge in [-0.3, -0.25) is 4.72 Å². The minimum Gasteiger partial charge on any atom is -0.264 e. The van der Waals surface area contributed by atoms with Crippen molar-refractivity contribution in [2.45, 2.75) is 37.4 Å². The Morgan fingerprint density at radius 2 is 2.04 bits per heavy atom. The summed E-state index contributed by atoms with van der Waals surface area (Å²) in [6, 6.07) is 12.4. The molecular weight excluding hydrogens is 425 g/mol. The van der Waals surface area contributed by atoms with Gasteiger partial charge in [-0.05, 0) is 66.5 Å². The molecule has 24 heavy (non-hydrogen) atoms. The molecule has 0 aromatic heterocycles. The van der Waals surface area contributed by atoms with Gasteiger partial charge in [0.25, 0.3) is 0 Å². The fourth-order valence-corrected chi connectivity index (χ4v) is 4.88. The van der Waals surface area contributed by atoms with E-state index in [9.17, 15) is 0 Å². The molecule has 1 unspecified atom stereocenters. The second kappa shape index (κ2) is 8.95. The van der Waals surface area contributed by atoms with Crippen molar-refractivity contribution in [1.82, 2.24) is 4.72 Å². The Hall–Kier alpha value is -0.190. The molecule has 2 aromatic carbocycles. The van der Waals surface area contributed by atoms with Gasteiger partial charge in [-0.25, -0.2) is 0 Å². The van der Waals surface area contributed by atoms with Crippen molar-refractivity contribution in [3.63, 3.8) is 0 Å². The number of fused-ring (bicyclic) bond motifs is 1. The number of halogens is 3. The lowest BCUT2D eigenvalue weighted by molar-refractivity contribution is 0.520. The highest BCUT2D eigenvalue weighted by atomic mass is 79.9. The Morgan fingerprint density at radius 1 is 1.17 bits per heavy atom. The molecule has 0 aliphatic heterocycles. The van der Waals surface area contributed by atoms with Gasteiger partial charge in [-0.2, -0.15) is 0 Å². The van der Waals surface area contributed by atoms with Crippen LogP contribution in [0.4, 0.5) is 0 Å². The largest absolute Gasteiger partial charge is 0.264 e. The first-order valence-corrected chi connectivity index (χ1v) is 10.7. The SMILES string of the molecule is Clc1ccc(CSNCCC2CCCc3c(Br)cccc32)cc1Cl. The van der Waals surface area contributed by atoms with Gasteiger partial charge in [-0.15, -0.1) is 0 Å². The normalized spacial score (nSPS) is 16.9. The summed E-state index contributed by atoms with van der Waals surface area (Å²) in [4.78, 5) is 0. The maximum absolute atomic E-state index is 6.05. The van der Waals surface area contributed by atoms with Gasteiger partial charge in [-0.1, -0.05) is 69.3 Å². The summed E-state index contributed by atoms with van der Waals surface area (Å²) >= 11 is 17.4. The maximum atomic E-state index is 6.05. The molecule has 1 atom stereocenters. The van der Waals surface area contributed by atoms with Crippen LogP contribution in [0, 0.1) is 0 Å². The Morgan fingerprint density at radius 3 is 2.88 bits per heavy atom. The summed E-state index contributed by atoms with van der Waals surface area (Å²) < 4.78 is 4.76. The number of rotatable bonds is 6. The van der Waals surface area contributed by atoms with E-state index in [1.807, 2.05) is 18.2 Å². The van der Waals surface area contributed by atoms with Crippen LogP contribution in [-0.4, -0.2) is 6.54 Å². The van der Waals surface area contributed by atoms with Crippen molar-refractivity contribution >= 4 is 51.1 Å². The zero-order chi connectivity index (χ0) is 16.9. The zero-order valence-electron chi connectivity index (χ0n) is 13.3. The first-order valence-electron chi connectivity index (χ1n) is 8.21. The lowest BCUT2D eigenvalue weighted by Crippen LogP contribution is -2.15. The molecule has 0 heterocycles. The van der Waals surface area contributed by atoms with Gasteiger partial charge in [0.2, 0.25) is 0 Å². The average Bonchev–Trinajstić information content (AvgIpc) is 2.58. The maximum Gasteiger partial charge on any atom is 0.0595 e. The molecule has 1 N–H and O–H groups in total. The van der Waals surface area contributed by atoms with E-state index in [2.05, 4.69) is 38.9 Å². The Labute approximate surface area is 166 Å². The molecule has 0 bridgehead atoms. The Balaban J connectivity index is 1.46. The van der Waals surface area contributed by atoms with E-state index >= 15 is 0 Å². The lowest BCUT2D eigenvalue weighted by atomic mass is 9.81. The smallest absolute Gasteiger partial charge is 0.0595 e. The molecule has 0 spiro atoms. The quantitative estimate of drug-likeness (QED) is 0.380. The highest BCUT2D eigenvalue weighted by molar-refractivity contribution is 9.10. The highest BCUT2D eigenvalue weighted by Gasteiger charge is 2.21. The minimum absolute atomic E-state index is 0.612. The van der Waals surface area contributed by atoms with Crippen molar-refractivity contribution in [3.05, 3.63) is 67.6 Å². The van der Waals surface area contributed by atoms with Gasteiger partial charge >= 0.3 is 0 Å². The van der Waals surface area contributed by atoms with Gasteiger partial charge in [0.05, 0.1) is 10.0 Å². The first-order chi connectivity index (χ1) is 11.6. The average molecular weight is 445 g/mol. The second-order valence-corrected chi connectivity index (χ2v) is 8.65. The van der Waals surface area contributed by atoms with E-state index in [-0.39, 0.29) is 0 Å². The van der Waals surface area contributed by atoms with Crippen LogP contribution >= 0.6 is 51.1 Å². The summed E-state index contributed by atoms with van der Waals surface area (Å²) in [6.45, 7) is 1.02. The summed E-state index contributed by atoms with van der Waals surface area (Å²) in [5, 5.41) is 1.24. The topological polar surface area (TPSA) is 12.0 Å². The Bertz CT molecular complexity index is 708. The van der Waals surface area contributed by atoms with E-state index in [1.54, 1.807) is 11.9 Å². The lowest BCUT2D eigenvalue weighted by Gasteiger charge is -2.26. The number of benzene rings is 2. The standard InChI is InChI=1S/C19H20BrCl2NS/c20-17-6-2-4-15-14(3-1-5-16(15)17)9-10-23-24-12-13-7-8-18(21)19(22)11-13/h2,4,6-8,11,14,23H,1,3,5,9-10,12H2. The molecule has 0 saturated carbocycles. The molecule has 3 rings (SSSR count). The molecule has 0 fully saturated rings. The van der Waals surface area contributed by atoms with Crippen LogP contribution in [0.2, 0.25) is 10.0 Å². The van der Waals surface area contributed by atoms with Gasteiger partial charge < -0.3 is 0 Å². The van der Waals surface area contributed by atoms with Crippen molar-refractivity contribution in [2.24, 2.45) is 0 Å². The van der Waals surface area contributed by atoms with Gasteiger partial charge in [0.1, 0.15) is 0 Å². The van der Waals surface area contributed by atoms with E-state index in [4.69, 9.17) is 23.2 Å². The third kappa shape index (κ3) is 4.70. The number of hydrogen-bond donors (Lipinski definition) is 1. The molecular formula is C19H20BrCl2NS.